The molecule has 0 aromatic heterocycles. The van der Waals surface area contributed by atoms with E-state index in [1.54, 1.807) is 6.07 Å². The van der Waals surface area contributed by atoms with Crippen molar-refractivity contribution in [2.45, 2.75) is 19.8 Å². The maximum Gasteiger partial charge on any atom is 0.226 e. The quantitative estimate of drug-likeness (QED) is 0.644. The first kappa shape index (κ1) is 15.5. The molecule has 1 aromatic carbocycles. The monoisotopic (exact) mass is 324 g/mol. The van der Waals surface area contributed by atoms with E-state index in [4.69, 9.17) is 47.0 Å². The van der Waals surface area contributed by atoms with Crippen LogP contribution in [0.3, 0.4) is 0 Å². The van der Waals surface area contributed by atoms with E-state index in [9.17, 15) is 4.79 Å². The summed E-state index contributed by atoms with van der Waals surface area (Å²) in [5.74, 6) is -0.147. The Balaban J connectivity index is 2.70. The van der Waals surface area contributed by atoms with Crippen molar-refractivity contribution in [2.75, 3.05) is 5.32 Å². The van der Waals surface area contributed by atoms with Gasteiger partial charge in [-0.1, -0.05) is 41.7 Å². The molecule has 18 heavy (non-hydrogen) atoms. The third-order valence-electron chi connectivity index (χ3n) is 1.99. The second kappa shape index (κ2) is 7.14. The zero-order valence-electron chi connectivity index (χ0n) is 9.52. The molecule has 7 heteroatoms. The summed E-state index contributed by atoms with van der Waals surface area (Å²) in [4.78, 5) is 11.3. The largest absolute Gasteiger partial charge is 0.331 e. The van der Waals surface area contributed by atoms with Crippen LogP contribution in [0.15, 0.2) is 12.1 Å². The van der Waals surface area contributed by atoms with E-state index in [1.165, 1.54) is 6.07 Å². The number of carbonyl (C=O) groups is 1. The lowest BCUT2D eigenvalue weighted by Gasteiger charge is -2.11. The maximum atomic E-state index is 11.3. The van der Waals surface area contributed by atoms with Gasteiger partial charge in [0.25, 0.3) is 0 Å². The van der Waals surface area contributed by atoms with Crippen molar-refractivity contribution in [2.24, 2.45) is 0 Å². The number of amides is 1. The van der Waals surface area contributed by atoms with Gasteiger partial charge in [0, 0.05) is 6.42 Å². The number of halogens is 3. The molecule has 1 rings (SSSR count). The van der Waals surface area contributed by atoms with Crippen LogP contribution in [0.4, 0.5) is 5.69 Å². The van der Waals surface area contributed by atoms with Crippen molar-refractivity contribution in [3.05, 3.63) is 27.2 Å². The first-order valence-electron chi connectivity index (χ1n) is 5.19. The average molecular weight is 326 g/mol. The molecule has 1 amide bonds. The van der Waals surface area contributed by atoms with Crippen LogP contribution >= 0.6 is 47.0 Å². The van der Waals surface area contributed by atoms with E-state index in [0.29, 0.717) is 27.2 Å². The van der Waals surface area contributed by atoms with E-state index < -0.39 is 0 Å². The zero-order chi connectivity index (χ0) is 13.7. The van der Waals surface area contributed by atoms with Gasteiger partial charge in [0.05, 0.1) is 20.8 Å². The van der Waals surface area contributed by atoms with Gasteiger partial charge in [0.2, 0.25) is 5.91 Å². The van der Waals surface area contributed by atoms with Gasteiger partial charge < -0.3 is 10.6 Å². The Morgan fingerprint density at radius 3 is 2.44 bits per heavy atom. The first-order valence-corrected chi connectivity index (χ1v) is 6.73. The molecule has 0 saturated heterocycles. The van der Waals surface area contributed by atoms with Crippen LogP contribution in [-0.4, -0.2) is 11.0 Å². The minimum absolute atomic E-state index is 0.147. The number of rotatable bonds is 3. The number of hydrogen-bond acceptors (Lipinski definition) is 2. The van der Waals surface area contributed by atoms with Crippen LogP contribution in [0.25, 0.3) is 0 Å². The number of thiocarbonyl (C=S) groups is 1. The molecule has 3 nitrogen and oxygen atoms in total. The Morgan fingerprint density at radius 2 is 1.83 bits per heavy atom. The highest BCUT2D eigenvalue weighted by Crippen LogP contribution is 2.32. The summed E-state index contributed by atoms with van der Waals surface area (Å²) >= 11 is 22.6. The lowest BCUT2D eigenvalue weighted by Crippen LogP contribution is -2.33. The molecule has 0 atom stereocenters. The maximum absolute atomic E-state index is 11.3. The highest BCUT2D eigenvalue weighted by molar-refractivity contribution is 7.80. The fraction of sp³-hybridized carbons (Fsp3) is 0.273. The summed E-state index contributed by atoms with van der Waals surface area (Å²) in [6, 6.07) is 3.05. The van der Waals surface area contributed by atoms with Gasteiger partial charge >= 0.3 is 0 Å². The van der Waals surface area contributed by atoms with Crippen molar-refractivity contribution in [3.63, 3.8) is 0 Å². The summed E-state index contributed by atoms with van der Waals surface area (Å²) in [6.45, 7) is 1.91. The fourth-order valence-electron chi connectivity index (χ4n) is 1.19. The van der Waals surface area contributed by atoms with Crippen LogP contribution in [0.1, 0.15) is 19.8 Å². The molecule has 0 heterocycles. The normalized spacial score (nSPS) is 10.0. The van der Waals surface area contributed by atoms with E-state index in [2.05, 4.69) is 10.6 Å². The molecule has 0 aliphatic carbocycles. The molecule has 0 radical (unpaired) electrons. The molecule has 2 N–H and O–H groups in total. The molecule has 1 aromatic rings. The van der Waals surface area contributed by atoms with Crippen LogP contribution in [0.2, 0.25) is 15.1 Å². The van der Waals surface area contributed by atoms with Gasteiger partial charge in [-0.25, -0.2) is 0 Å². The van der Waals surface area contributed by atoms with Gasteiger partial charge in [0.1, 0.15) is 0 Å². The molecular weight excluding hydrogens is 315 g/mol. The molecule has 0 saturated carbocycles. The van der Waals surface area contributed by atoms with Gasteiger partial charge in [-0.3, -0.25) is 4.79 Å². The van der Waals surface area contributed by atoms with Crippen LogP contribution in [0.5, 0.6) is 0 Å². The lowest BCUT2D eigenvalue weighted by atomic mass is 10.3. The summed E-state index contributed by atoms with van der Waals surface area (Å²) < 4.78 is 0. The Labute approximate surface area is 126 Å². The SMILES string of the molecule is CCCC(=O)NC(=S)Nc1cc(Cl)c(Cl)cc1Cl. The summed E-state index contributed by atoms with van der Waals surface area (Å²) in [5.41, 5.74) is 0.493. The first-order chi connectivity index (χ1) is 8.43. The van der Waals surface area contributed by atoms with E-state index >= 15 is 0 Å². The minimum Gasteiger partial charge on any atom is -0.331 e. The third kappa shape index (κ3) is 4.61. The highest BCUT2D eigenvalue weighted by atomic mass is 35.5. The van der Waals surface area contributed by atoms with Crippen molar-refractivity contribution in [1.29, 1.82) is 0 Å². The molecule has 0 spiro atoms. The van der Waals surface area contributed by atoms with Gasteiger partial charge in [-0.2, -0.15) is 0 Å². The van der Waals surface area contributed by atoms with Crippen molar-refractivity contribution in [3.8, 4) is 0 Å². The number of benzene rings is 1. The molecule has 0 aliphatic rings. The number of carbonyl (C=O) groups excluding carboxylic acids is 1. The van der Waals surface area contributed by atoms with Crippen LogP contribution < -0.4 is 10.6 Å². The third-order valence-corrected chi connectivity index (χ3v) is 3.23. The van der Waals surface area contributed by atoms with Gasteiger partial charge in [-0.05, 0) is 30.8 Å². The summed E-state index contributed by atoms with van der Waals surface area (Å²) in [5, 5.41) is 6.58. The number of hydrogen-bond donors (Lipinski definition) is 2. The van der Waals surface area contributed by atoms with E-state index in [-0.39, 0.29) is 11.0 Å². The Kier molecular flexibility index (Phi) is 6.15. The Hall–Kier alpha value is -0.550. The second-order valence-corrected chi connectivity index (χ2v) is 5.13. The second-order valence-electron chi connectivity index (χ2n) is 3.50. The average Bonchev–Trinajstić information content (AvgIpc) is 2.26. The number of anilines is 1. The number of nitrogens with one attached hydrogen (secondary N) is 2. The molecule has 98 valence electrons. The molecular formula is C11H11Cl3N2OS. The van der Waals surface area contributed by atoms with Crippen molar-refractivity contribution in [1.82, 2.24) is 5.32 Å². The van der Waals surface area contributed by atoms with Crippen molar-refractivity contribution < 1.29 is 4.79 Å². The summed E-state index contributed by atoms with van der Waals surface area (Å²) in [6.07, 6.45) is 1.17. The smallest absolute Gasteiger partial charge is 0.226 e. The molecule has 0 bridgehead atoms. The van der Waals surface area contributed by atoms with Gasteiger partial charge in [-0.15, -0.1) is 0 Å². The van der Waals surface area contributed by atoms with E-state index in [1.807, 2.05) is 6.92 Å². The molecule has 0 fully saturated rings. The predicted molar refractivity (Wildman–Crippen MR) is 80.7 cm³/mol. The summed E-state index contributed by atoms with van der Waals surface area (Å²) in [7, 11) is 0. The topological polar surface area (TPSA) is 41.1 Å². The predicted octanol–water partition coefficient (Wildman–Crippen LogP) is 4.26. The molecule has 0 unspecified atom stereocenters. The van der Waals surface area contributed by atoms with Crippen molar-refractivity contribution >= 4 is 63.7 Å². The lowest BCUT2D eigenvalue weighted by molar-refractivity contribution is -0.119. The zero-order valence-corrected chi connectivity index (χ0v) is 12.6. The Bertz CT molecular complexity index is 480. The van der Waals surface area contributed by atoms with Crippen LogP contribution in [0, 0.1) is 0 Å². The van der Waals surface area contributed by atoms with Crippen LogP contribution in [-0.2, 0) is 4.79 Å². The minimum atomic E-state index is -0.147. The Morgan fingerprint density at radius 1 is 1.22 bits per heavy atom. The molecule has 0 aliphatic heterocycles. The fourth-order valence-corrected chi connectivity index (χ4v) is 2.01. The van der Waals surface area contributed by atoms with Gasteiger partial charge in [0.15, 0.2) is 5.11 Å². The highest BCUT2D eigenvalue weighted by Gasteiger charge is 2.09. The standard InChI is InChI=1S/C11H11Cl3N2OS/c1-2-3-10(17)16-11(18)15-9-5-7(13)6(12)4-8(9)14/h4-5H,2-3H2,1H3,(H2,15,16,17,18). The van der Waals surface area contributed by atoms with E-state index in [0.717, 1.165) is 6.42 Å².